The number of alkyl halides is 3. The highest BCUT2D eigenvalue weighted by Gasteiger charge is 2.37. The van der Waals surface area contributed by atoms with Crippen LogP contribution < -0.4 is 14.8 Å². The highest BCUT2D eigenvalue weighted by molar-refractivity contribution is 8.18. The number of aryl methyl sites for hydroxylation is 2. The molecule has 0 saturated carbocycles. The SMILES string of the molecule is CCOc1cc(/C=C2/SC(=O)N(CC(=O)Nc3c(C)cccc3C)C2=O)ccc1Oc1ccc(C(F)(F)F)cc1[N+](=O)[O-]. The van der Waals surface area contributed by atoms with Gasteiger partial charge in [0.1, 0.15) is 6.54 Å². The number of nitrogens with one attached hydrogen (secondary N) is 1. The van der Waals surface area contributed by atoms with E-state index in [2.05, 4.69) is 5.32 Å². The number of rotatable bonds is 9. The van der Waals surface area contributed by atoms with Crippen LogP contribution in [-0.2, 0) is 15.8 Å². The Morgan fingerprint density at radius 1 is 1.05 bits per heavy atom. The standard InChI is InChI=1S/C29H24F3N3O7S/c1-4-41-23-12-18(8-10-22(23)42-21-11-9-19(29(30,31)32)14-20(21)35(39)40)13-24-27(37)34(28(38)43-24)15-25(36)33-26-16(2)6-5-7-17(26)3/h5-14H,4,15H2,1-3H3,(H,33,36)/b24-13+. The van der Waals surface area contributed by atoms with E-state index in [-0.39, 0.29) is 23.0 Å². The second kappa shape index (κ2) is 12.6. The molecule has 10 nitrogen and oxygen atoms in total. The van der Waals surface area contributed by atoms with Gasteiger partial charge in [-0.15, -0.1) is 0 Å². The lowest BCUT2D eigenvalue weighted by molar-refractivity contribution is -0.385. The summed E-state index contributed by atoms with van der Waals surface area (Å²) in [7, 11) is 0. The first kappa shape index (κ1) is 31.1. The van der Waals surface area contributed by atoms with Gasteiger partial charge in [0.25, 0.3) is 11.1 Å². The summed E-state index contributed by atoms with van der Waals surface area (Å²) in [6.45, 7) is 4.96. The molecule has 43 heavy (non-hydrogen) atoms. The number of carbonyl (C=O) groups is 3. The first-order chi connectivity index (χ1) is 20.3. The summed E-state index contributed by atoms with van der Waals surface area (Å²) in [5.41, 5.74) is 0.548. The molecule has 1 N–H and O–H groups in total. The largest absolute Gasteiger partial charge is 0.490 e. The van der Waals surface area contributed by atoms with Crippen molar-refractivity contribution in [2.45, 2.75) is 26.9 Å². The minimum atomic E-state index is -4.79. The third-order valence-corrected chi connectivity index (χ3v) is 7.10. The van der Waals surface area contributed by atoms with Crippen LogP contribution in [0.2, 0.25) is 0 Å². The van der Waals surface area contributed by atoms with Gasteiger partial charge in [0.15, 0.2) is 11.5 Å². The summed E-state index contributed by atoms with van der Waals surface area (Å²) in [5, 5.41) is 13.6. The summed E-state index contributed by atoms with van der Waals surface area (Å²) in [5.74, 6) is -1.61. The fraction of sp³-hybridized carbons (Fsp3) is 0.207. The Hall–Kier alpha value is -4.85. The van der Waals surface area contributed by atoms with Crippen LogP contribution in [0.5, 0.6) is 17.2 Å². The molecule has 1 aliphatic rings. The van der Waals surface area contributed by atoms with E-state index in [4.69, 9.17) is 9.47 Å². The van der Waals surface area contributed by atoms with Gasteiger partial charge >= 0.3 is 11.9 Å². The van der Waals surface area contributed by atoms with Crippen LogP contribution in [0.15, 0.2) is 59.5 Å². The Balaban J connectivity index is 1.54. The third kappa shape index (κ3) is 7.15. The Morgan fingerprint density at radius 2 is 1.72 bits per heavy atom. The van der Waals surface area contributed by atoms with Crippen LogP contribution >= 0.6 is 11.8 Å². The van der Waals surface area contributed by atoms with E-state index in [0.717, 1.165) is 22.1 Å². The third-order valence-electron chi connectivity index (χ3n) is 6.19. The van der Waals surface area contributed by atoms with E-state index in [1.807, 2.05) is 32.0 Å². The number of ether oxygens (including phenoxy) is 2. The predicted molar refractivity (Wildman–Crippen MR) is 153 cm³/mol. The number of benzene rings is 3. The van der Waals surface area contributed by atoms with Crippen molar-refractivity contribution in [1.29, 1.82) is 0 Å². The molecule has 0 spiro atoms. The molecule has 1 fully saturated rings. The van der Waals surface area contributed by atoms with Crippen molar-refractivity contribution in [2.75, 3.05) is 18.5 Å². The van der Waals surface area contributed by atoms with E-state index >= 15 is 0 Å². The number of thioether (sulfide) groups is 1. The van der Waals surface area contributed by atoms with Gasteiger partial charge in [0.05, 0.1) is 22.0 Å². The van der Waals surface area contributed by atoms with Crippen molar-refractivity contribution < 1.29 is 42.0 Å². The van der Waals surface area contributed by atoms with Gasteiger partial charge in [-0.3, -0.25) is 29.4 Å². The average Bonchev–Trinajstić information content (AvgIpc) is 3.19. The number of hydrogen-bond donors (Lipinski definition) is 1. The van der Waals surface area contributed by atoms with Crippen molar-refractivity contribution in [1.82, 2.24) is 4.90 Å². The average molecular weight is 616 g/mol. The van der Waals surface area contributed by atoms with E-state index in [1.54, 1.807) is 6.92 Å². The molecule has 0 unspecified atom stereocenters. The molecule has 3 aromatic rings. The zero-order chi connectivity index (χ0) is 31.5. The number of nitro groups is 1. The number of halogens is 3. The smallest absolute Gasteiger partial charge is 0.416 e. The Labute approximate surface area is 247 Å². The molecule has 0 bridgehead atoms. The number of imide groups is 1. The van der Waals surface area contributed by atoms with Crippen LogP contribution in [0.3, 0.4) is 0 Å². The lowest BCUT2D eigenvalue weighted by Crippen LogP contribution is -2.36. The Kier molecular flexibility index (Phi) is 9.09. The zero-order valence-electron chi connectivity index (χ0n) is 23.0. The van der Waals surface area contributed by atoms with Gasteiger partial charge in [-0.25, -0.2) is 0 Å². The molecule has 4 rings (SSSR count). The first-order valence-corrected chi connectivity index (χ1v) is 13.5. The van der Waals surface area contributed by atoms with Crippen LogP contribution in [0.4, 0.5) is 29.3 Å². The molecule has 0 aliphatic carbocycles. The highest BCUT2D eigenvalue weighted by Crippen LogP contribution is 2.41. The first-order valence-electron chi connectivity index (χ1n) is 12.7. The zero-order valence-corrected chi connectivity index (χ0v) is 23.8. The van der Waals surface area contributed by atoms with E-state index in [1.165, 1.54) is 24.3 Å². The van der Waals surface area contributed by atoms with E-state index in [9.17, 15) is 37.7 Å². The summed E-state index contributed by atoms with van der Waals surface area (Å²) in [6, 6.07) is 11.6. The van der Waals surface area contributed by atoms with Gasteiger partial charge in [-0.05, 0) is 79.6 Å². The number of amides is 3. The summed E-state index contributed by atoms with van der Waals surface area (Å²) in [4.78, 5) is 49.6. The predicted octanol–water partition coefficient (Wildman–Crippen LogP) is 7.10. The van der Waals surface area contributed by atoms with Gasteiger partial charge in [0, 0.05) is 11.8 Å². The van der Waals surface area contributed by atoms with Crippen LogP contribution in [-0.4, -0.2) is 40.0 Å². The van der Waals surface area contributed by atoms with Crippen molar-refractivity contribution >= 4 is 46.3 Å². The molecule has 0 aromatic heterocycles. The van der Waals surface area contributed by atoms with Crippen molar-refractivity contribution in [3.05, 3.63) is 91.9 Å². The van der Waals surface area contributed by atoms with E-state index < -0.39 is 51.7 Å². The normalized spacial score (nSPS) is 14.3. The van der Waals surface area contributed by atoms with Gasteiger partial charge in [-0.2, -0.15) is 13.2 Å². The lowest BCUT2D eigenvalue weighted by atomic mass is 10.1. The minimum Gasteiger partial charge on any atom is -0.490 e. The Bertz CT molecular complexity index is 1640. The molecule has 3 amide bonds. The molecule has 1 heterocycles. The molecular weight excluding hydrogens is 591 g/mol. The number of hydrogen-bond acceptors (Lipinski definition) is 8. The molecule has 3 aromatic carbocycles. The van der Waals surface area contributed by atoms with Crippen molar-refractivity contribution in [3.8, 4) is 17.2 Å². The number of carbonyl (C=O) groups excluding carboxylic acids is 3. The van der Waals surface area contributed by atoms with Crippen molar-refractivity contribution in [3.63, 3.8) is 0 Å². The summed E-state index contributed by atoms with van der Waals surface area (Å²) >= 11 is 0.645. The van der Waals surface area contributed by atoms with Gasteiger partial charge in [-0.1, -0.05) is 24.3 Å². The fourth-order valence-electron chi connectivity index (χ4n) is 4.13. The summed E-state index contributed by atoms with van der Waals surface area (Å²) < 4.78 is 50.3. The number of nitrogens with zero attached hydrogens (tertiary/aromatic N) is 2. The fourth-order valence-corrected chi connectivity index (χ4v) is 4.97. The maximum Gasteiger partial charge on any atom is 0.416 e. The Morgan fingerprint density at radius 3 is 2.35 bits per heavy atom. The van der Waals surface area contributed by atoms with Crippen LogP contribution in [0, 0.1) is 24.0 Å². The maximum atomic E-state index is 13.1. The van der Waals surface area contributed by atoms with Gasteiger partial charge < -0.3 is 14.8 Å². The highest BCUT2D eigenvalue weighted by atomic mass is 32.2. The molecule has 0 atom stereocenters. The second-order valence-electron chi connectivity index (χ2n) is 9.26. The van der Waals surface area contributed by atoms with Crippen LogP contribution in [0.25, 0.3) is 6.08 Å². The molecular formula is C29H24F3N3O7S. The summed E-state index contributed by atoms with van der Waals surface area (Å²) in [6.07, 6.45) is -3.38. The minimum absolute atomic E-state index is 0.0295. The van der Waals surface area contributed by atoms with Crippen LogP contribution in [0.1, 0.15) is 29.2 Å². The lowest BCUT2D eigenvalue weighted by Gasteiger charge is -2.15. The van der Waals surface area contributed by atoms with Crippen molar-refractivity contribution in [2.24, 2.45) is 0 Å². The topological polar surface area (TPSA) is 128 Å². The molecule has 224 valence electrons. The van der Waals surface area contributed by atoms with Gasteiger partial charge in [0.2, 0.25) is 11.7 Å². The number of anilines is 1. The quantitative estimate of drug-likeness (QED) is 0.153. The molecule has 1 aliphatic heterocycles. The molecule has 1 saturated heterocycles. The molecule has 0 radical (unpaired) electrons. The monoisotopic (exact) mass is 615 g/mol. The second-order valence-corrected chi connectivity index (χ2v) is 10.3. The maximum absolute atomic E-state index is 13.1. The number of nitro benzene ring substituents is 1. The van der Waals surface area contributed by atoms with E-state index in [0.29, 0.717) is 35.1 Å². The molecule has 14 heteroatoms. The number of para-hydroxylation sites is 1.